The maximum atomic E-state index is 13.5. The number of hydrogen-bond donors (Lipinski definition) is 1. The quantitative estimate of drug-likeness (QED) is 0.587. The van der Waals surface area contributed by atoms with Crippen LogP contribution >= 0.6 is 11.6 Å². The Kier molecular flexibility index (Phi) is 5.19. The molecule has 33 heavy (non-hydrogen) atoms. The van der Waals surface area contributed by atoms with Gasteiger partial charge >= 0.3 is 0 Å². The number of rotatable bonds is 3. The molecule has 0 aliphatic heterocycles. The van der Waals surface area contributed by atoms with E-state index in [1.54, 1.807) is 10.7 Å². The molecule has 5 nitrogen and oxygen atoms in total. The Hall–Kier alpha value is -1.46. The predicted molar refractivity (Wildman–Crippen MR) is 129 cm³/mol. The van der Waals surface area contributed by atoms with Crippen LogP contribution in [0.25, 0.3) is 11.0 Å². The SMILES string of the molecule is C[C@@]1(O)CC[C@H]2[C@H](CC[C@@H]3[C@@H]2CC[C@]2(C)[C@@H](C(=O)Cn4cc5nc(Cl)ccc5n4)CC[C@@H]32)C1. The summed E-state index contributed by atoms with van der Waals surface area (Å²) >= 11 is 6.02. The van der Waals surface area contributed by atoms with Crippen molar-refractivity contribution in [2.24, 2.45) is 40.9 Å². The molecule has 1 N–H and O–H groups in total. The van der Waals surface area contributed by atoms with E-state index in [1.807, 2.05) is 19.2 Å². The number of halogens is 1. The summed E-state index contributed by atoms with van der Waals surface area (Å²) in [6.07, 6.45) is 12.2. The molecule has 178 valence electrons. The molecule has 0 radical (unpaired) electrons. The summed E-state index contributed by atoms with van der Waals surface area (Å²) in [7, 11) is 0. The fourth-order valence-corrected chi connectivity index (χ4v) is 9.05. The van der Waals surface area contributed by atoms with Crippen molar-refractivity contribution < 1.29 is 9.90 Å². The van der Waals surface area contributed by atoms with Crippen LogP contribution in [0.1, 0.15) is 71.6 Å². The van der Waals surface area contributed by atoms with Crippen molar-refractivity contribution in [1.29, 1.82) is 0 Å². The fraction of sp³-hybridized carbons (Fsp3) is 0.741. The molecule has 0 amide bonds. The van der Waals surface area contributed by atoms with Crippen LogP contribution in [0.4, 0.5) is 0 Å². The van der Waals surface area contributed by atoms with Gasteiger partial charge in [-0.1, -0.05) is 18.5 Å². The molecular weight excluding hydrogens is 434 g/mol. The Morgan fingerprint density at radius 2 is 1.88 bits per heavy atom. The third-order valence-corrected chi connectivity index (χ3v) is 10.5. The van der Waals surface area contributed by atoms with Gasteiger partial charge in [0.15, 0.2) is 5.78 Å². The van der Waals surface area contributed by atoms with Crippen molar-refractivity contribution in [3.05, 3.63) is 23.5 Å². The zero-order valence-corrected chi connectivity index (χ0v) is 20.6. The lowest BCUT2D eigenvalue weighted by Crippen LogP contribution is -2.51. The van der Waals surface area contributed by atoms with Gasteiger partial charge in [0.2, 0.25) is 0 Å². The highest BCUT2D eigenvalue weighted by Crippen LogP contribution is 2.64. The highest BCUT2D eigenvalue weighted by Gasteiger charge is 2.58. The largest absolute Gasteiger partial charge is 0.390 e. The predicted octanol–water partition coefficient (Wildman–Crippen LogP) is 5.67. The number of carbonyl (C=O) groups excluding carboxylic acids is 1. The highest BCUT2D eigenvalue weighted by molar-refractivity contribution is 6.29. The van der Waals surface area contributed by atoms with Crippen LogP contribution in [0, 0.1) is 40.9 Å². The molecule has 6 heteroatoms. The van der Waals surface area contributed by atoms with Crippen LogP contribution in [-0.4, -0.2) is 31.3 Å². The number of hydrogen-bond acceptors (Lipinski definition) is 4. The minimum Gasteiger partial charge on any atom is -0.390 e. The minimum absolute atomic E-state index is 0.124. The van der Waals surface area contributed by atoms with E-state index in [0.717, 1.165) is 48.0 Å². The molecule has 2 aromatic heterocycles. The molecule has 2 heterocycles. The Bertz CT molecular complexity index is 1080. The standard InChI is InChI=1S/C27H36ClN3O2/c1-26(33)11-9-17-16(13-26)3-4-19-18(17)10-12-27(2)20(19)5-6-21(27)24(32)15-31-14-23-22(30-31)7-8-25(28)29-23/h7-8,14,16-21,33H,3-6,9-13,15H2,1-2H3/t16-,17+,18-,19-,20+,21-,26-,27+/m1/s1. The third-order valence-electron chi connectivity index (χ3n) is 10.3. The van der Waals surface area contributed by atoms with Gasteiger partial charge in [0, 0.05) is 5.92 Å². The van der Waals surface area contributed by atoms with Gasteiger partial charge in [-0.15, -0.1) is 0 Å². The van der Waals surface area contributed by atoms with Gasteiger partial charge in [-0.3, -0.25) is 9.48 Å². The number of ketones is 1. The number of pyridine rings is 1. The molecule has 0 aromatic carbocycles. The van der Waals surface area contributed by atoms with E-state index in [-0.39, 0.29) is 11.3 Å². The maximum Gasteiger partial charge on any atom is 0.157 e. The topological polar surface area (TPSA) is 68.0 Å². The highest BCUT2D eigenvalue weighted by atomic mass is 35.5. The molecule has 4 aliphatic carbocycles. The molecule has 0 spiro atoms. The number of Topliss-reactive ketones (excluding diaryl/α,β-unsaturated/α-hetero) is 1. The van der Waals surface area contributed by atoms with Gasteiger partial charge in [-0.25, -0.2) is 4.98 Å². The lowest BCUT2D eigenvalue weighted by atomic mass is 9.49. The average Bonchev–Trinajstić information content (AvgIpc) is 3.32. The molecule has 4 fully saturated rings. The van der Waals surface area contributed by atoms with Gasteiger partial charge in [0.25, 0.3) is 0 Å². The molecule has 0 bridgehead atoms. The molecule has 2 aromatic rings. The normalized spacial score (nSPS) is 42.5. The summed E-state index contributed by atoms with van der Waals surface area (Å²) in [5.74, 6) is 4.21. The van der Waals surface area contributed by atoms with E-state index >= 15 is 0 Å². The molecule has 4 aliphatic rings. The van der Waals surface area contributed by atoms with Crippen LogP contribution in [0.5, 0.6) is 0 Å². The first-order valence-electron chi connectivity index (χ1n) is 13.0. The zero-order valence-electron chi connectivity index (χ0n) is 19.8. The third kappa shape index (κ3) is 3.65. The summed E-state index contributed by atoms with van der Waals surface area (Å²) in [5.41, 5.74) is 1.19. The fourth-order valence-electron chi connectivity index (χ4n) is 8.89. The van der Waals surface area contributed by atoms with Crippen molar-refractivity contribution in [2.45, 2.75) is 83.8 Å². The van der Waals surface area contributed by atoms with Crippen LogP contribution in [0.15, 0.2) is 18.3 Å². The first-order chi connectivity index (χ1) is 15.7. The Morgan fingerprint density at radius 3 is 2.73 bits per heavy atom. The summed E-state index contributed by atoms with van der Waals surface area (Å²) in [6, 6.07) is 3.60. The Labute approximate surface area is 201 Å². The molecular formula is C27H36ClN3O2. The minimum atomic E-state index is -0.458. The van der Waals surface area contributed by atoms with Crippen molar-refractivity contribution in [3.8, 4) is 0 Å². The summed E-state index contributed by atoms with van der Waals surface area (Å²) < 4.78 is 1.76. The van der Waals surface area contributed by atoms with Gasteiger partial charge in [0.05, 0.1) is 18.3 Å². The molecule has 6 rings (SSSR count). The lowest BCUT2D eigenvalue weighted by molar-refractivity contribution is -0.133. The van der Waals surface area contributed by atoms with E-state index in [9.17, 15) is 9.90 Å². The molecule has 8 atom stereocenters. The van der Waals surface area contributed by atoms with E-state index in [0.29, 0.717) is 29.3 Å². The number of nitrogens with zero attached hydrogens (tertiary/aromatic N) is 3. The lowest BCUT2D eigenvalue weighted by Gasteiger charge is -2.56. The Morgan fingerprint density at radius 1 is 1.06 bits per heavy atom. The van der Waals surface area contributed by atoms with Gasteiger partial charge in [0.1, 0.15) is 16.2 Å². The monoisotopic (exact) mass is 469 g/mol. The number of aliphatic hydroxyl groups is 1. The van der Waals surface area contributed by atoms with Crippen molar-refractivity contribution in [1.82, 2.24) is 14.8 Å². The zero-order chi connectivity index (χ0) is 23.0. The van der Waals surface area contributed by atoms with E-state index in [2.05, 4.69) is 17.0 Å². The van der Waals surface area contributed by atoms with Gasteiger partial charge in [-0.05, 0) is 112 Å². The smallest absolute Gasteiger partial charge is 0.157 e. The van der Waals surface area contributed by atoms with E-state index < -0.39 is 5.60 Å². The second-order valence-electron chi connectivity index (χ2n) is 12.2. The van der Waals surface area contributed by atoms with Crippen molar-refractivity contribution in [2.75, 3.05) is 0 Å². The molecule has 0 saturated heterocycles. The Balaban J connectivity index is 1.18. The molecule has 4 saturated carbocycles. The maximum absolute atomic E-state index is 13.5. The van der Waals surface area contributed by atoms with Gasteiger partial charge < -0.3 is 5.11 Å². The summed E-state index contributed by atoms with van der Waals surface area (Å²) in [6.45, 7) is 4.78. The summed E-state index contributed by atoms with van der Waals surface area (Å²) in [5, 5.41) is 15.6. The van der Waals surface area contributed by atoms with Crippen LogP contribution in [0.2, 0.25) is 5.15 Å². The average molecular weight is 470 g/mol. The molecule has 0 unspecified atom stereocenters. The van der Waals surface area contributed by atoms with E-state index in [4.69, 9.17) is 11.6 Å². The van der Waals surface area contributed by atoms with Crippen LogP contribution < -0.4 is 0 Å². The van der Waals surface area contributed by atoms with Gasteiger partial charge in [-0.2, -0.15) is 5.10 Å². The number of aromatic nitrogens is 3. The van der Waals surface area contributed by atoms with Crippen LogP contribution in [-0.2, 0) is 11.3 Å². The number of fused-ring (bicyclic) bond motifs is 6. The number of carbonyl (C=O) groups is 1. The summed E-state index contributed by atoms with van der Waals surface area (Å²) in [4.78, 5) is 17.9. The second kappa shape index (κ2) is 7.78. The second-order valence-corrected chi connectivity index (χ2v) is 12.6. The van der Waals surface area contributed by atoms with E-state index in [1.165, 1.54) is 38.5 Å². The first-order valence-corrected chi connectivity index (χ1v) is 13.4. The van der Waals surface area contributed by atoms with Crippen molar-refractivity contribution in [3.63, 3.8) is 0 Å². The van der Waals surface area contributed by atoms with Crippen LogP contribution in [0.3, 0.4) is 0 Å². The van der Waals surface area contributed by atoms with Crippen molar-refractivity contribution >= 4 is 28.4 Å². The first kappa shape index (κ1) is 22.0.